The maximum Gasteiger partial charge on any atom is 0.283 e. The number of nitrogens with one attached hydrogen (secondary N) is 1. The first-order valence-electron chi connectivity index (χ1n) is 7.15. The molecule has 0 radical (unpaired) electrons. The first-order chi connectivity index (χ1) is 9.58. The van der Waals surface area contributed by atoms with Crippen molar-refractivity contribution in [2.45, 2.75) is 33.2 Å². The van der Waals surface area contributed by atoms with Gasteiger partial charge in [-0.3, -0.25) is 4.79 Å². The van der Waals surface area contributed by atoms with E-state index in [4.69, 9.17) is 0 Å². The molecule has 1 aliphatic rings. The van der Waals surface area contributed by atoms with Gasteiger partial charge in [0.1, 0.15) is 4.47 Å². The summed E-state index contributed by atoms with van der Waals surface area (Å²) in [5.41, 5.74) is 0.760. The van der Waals surface area contributed by atoms with Crippen molar-refractivity contribution in [3.8, 4) is 0 Å². The molecule has 0 unspecified atom stereocenters. The molecular formula is C14H22BrN3OS. The summed E-state index contributed by atoms with van der Waals surface area (Å²) in [6.07, 6.45) is 4.27. The summed E-state index contributed by atoms with van der Waals surface area (Å²) in [5.74, 6) is 3.62. The van der Waals surface area contributed by atoms with E-state index in [-0.39, 0.29) is 5.56 Å². The maximum absolute atomic E-state index is 12.2. The molecule has 112 valence electrons. The highest BCUT2D eigenvalue weighted by Crippen LogP contribution is 2.24. The van der Waals surface area contributed by atoms with Crippen molar-refractivity contribution in [3.63, 3.8) is 0 Å². The summed E-state index contributed by atoms with van der Waals surface area (Å²) >= 11 is 5.44. The minimum atomic E-state index is -0.0529. The zero-order valence-corrected chi connectivity index (χ0v) is 14.5. The lowest BCUT2D eigenvalue weighted by Gasteiger charge is -2.22. The molecule has 1 aromatic rings. The molecule has 4 nitrogen and oxygen atoms in total. The molecule has 2 rings (SSSR count). The number of nitrogens with zero attached hydrogens (tertiary/aromatic N) is 2. The lowest BCUT2D eigenvalue weighted by Crippen LogP contribution is -2.27. The monoisotopic (exact) mass is 359 g/mol. The first-order valence-corrected chi connectivity index (χ1v) is 9.10. The van der Waals surface area contributed by atoms with Gasteiger partial charge in [-0.05, 0) is 52.1 Å². The van der Waals surface area contributed by atoms with E-state index in [0.717, 1.165) is 12.2 Å². The predicted octanol–water partition coefficient (Wildman–Crippen LogP) is 3.22. The summed E-state index contributed by atoms with van der Waals surface area (Å²) in [6, 6.07) is 0. The van der Waals surface area contributed by atoms with Gasteiger partial charge in [0, 0.05) is 13.1 Å². The molecule has 1 saturated heterocycles. The molecule has 2 heterocycles. The van der Waals surface area contributed by atoms with Gasteiger partial charge in [0.15, 0.2) is 0 Å². The van der Waals surface area contributed by atoms with Crippen molar-refractivity contribution < 1.29 is 0 Å². The Morgan fingerprint density at radius 3 is 2.85 bits per heavy atom. The van der Waals surface area contributed by atoms with Gasteiger partial charge in [0.05, 0.1) is 11.9 Å². The van der Waals surface area contributed by atoms with Crippen molar-refractivity contribution in [1.82, 2.24) is 9.78 Å². The zero-order chi connectivity index (χ0) is 14.5. The molecule has 1 aromatic heterocycles. The number of anilines is 1. The van der Waals surface area contributed by atoms with Gasteiger partial charge < -0.3 is 5.32 Å². The van der Waals surface area contributed by atoms with Crippen molar-refractivity contribution >= 4 is 33.4 Å². The third-order valence-electron chi connectivity index (χ3n) is 3.45. The fourth-order valence-electron chi connectivity index (χ4n) is 2.27. The molecule has 0 spiro atoms. The topological polar surface area (TPSA) is 46.9 Å². The number of rotatable bonds is 5. The first kappa shape index (κ1) is 15.9. The van der Waals surface area contributed by atoms with Crippen LogP contribution in [0.25, 0.3) is 0 Å². The van der Waals surface area contributed by atoms with Gasteiger partial charge in [-0.25, -0.2) is 4.68 Å². The quantitative estimate of drug-likeness (QED) is 0.876. The average molecular weight is 360 g/mol. The highest BCUT2D eigenvalue weighted by atomic mass is 79.9. The van der Waals surface area contributed by atoms with E-state index < -0.39 is 0 Å². The molecule has 0 bridgehead atoms. The second-order valence-corrected chi connectivity index (χ2v) is 7.71. The second kappa shape index (κ2) is 7.50. The van der Waals surface area contributed by atoms with Gasteiger partial charge >= 0.3 is 0 Å². The molecule has 0 aromatic carbocycles. The average Bonchev–Trinajstić information content (AvgIpc) is 2.44. The third-order valence-corrected chi connectivity index (χ3v) is 5.26. The lowest BCUT2D eigenvalue weighted by molar-refractivity contribution is 0.462. The Bertz CT molecular complexity index is 498. The van der Waals surface area contributed by atoms with Crippen molar-refractivity contribution in [2.75, 3.05) is 23.4 Å². The number of thioether (sulfide) groups is 1. The van der Waals surface area contributed by atoms with Gasteiger partial charge in [0.2, 0.25) is 0 Å². The summed E-state index contributed by atoms with van der Waals surface area (Å²) in [7, 11) is 0. The molecule has 1 aliphatic heterocycles. The Morgan fingerprint density at radius 2 is 2.20 bits per heavy atom. The number of halogens is 1. The van der Waals surface area contributed by atoms with Gasteiger partial charge in [-0.1, -0.05) is 13.8 Å². The summed E-state index contributed by atoms with van der Waals surface area (Å²) in [4.78, 5) is 12.2. The maximum atomic E-state index is 12.2. The van der Waals surface area contributed by atoms with E-state index in [1.807, 2.05) is 11.8 Å². The van der Waals surface area contributed by atoms with E-state index in [9.17, 15) is 4.79 Å². The van der Waals surface area contributed by atoms with Crippen LogP contribution in [-0.4, -0.2) is 27.8 Å². The van der Waals surface area contributed by atoms with Crippen LogP contribution in [0.4, 0.5) is 5.69 Å². The Hall–Kier alpha value is -0.490. The Kier molecular flexibility index (Phi) is 5.96. The Balaban J connectivity index is 2.01. The van der Waals surface area contributed by atoms with Crippen LogP contribution >= 0.6 is 27.7 Å². The number of hydrogen-bond donors (Lipinski definition) is 1. The molecular weight excluding hydrogens is 338 g/mol. The van der Waals surface area contributed by atoms with Crippen LogP contribution in [0.5, 0.6) is 0 Å². The van der Waals surface area contributed by atoms with E-state index in [1.54, 1.807) is 6.20 Å². The molecule has 0 atom stereocenters. The van der Waals surface area contributed by atoms with Crippen molar-refractivity contribution in [3.05, 3.63) is 21.0 Å². The fourth-order valence-corrected chi connectivity index (χ4v) is 3.92. The zero-order valence-electron chi connectivity index (χ0n) is 12.1. The normalized spacial score (nSPS) is 16.6. The highest BCUT2D eigenvalue weighted by molar-refractivity contribution is 9.10. The Labute approximate surface area is 132 Å². The van der Waals surface area contributed by atoms with Crippen LogP contribution in [0.3, 0.4) is 0 Å². The number of aromatic nitrogens is 2. The van der Waals surface area contributed by atoms with E-state index in [1.165, 1.54) is 29.0 Å². The lowest BCUT2D eigenvalue weighted by atomic mass is 10.0. The molecule has 20 heavy (non-hydrogen) atoms. The predicted molar refractivity (Wildman–Crippen MR) is 89.6 cm³/mol. The van der Waals surface area contributed by atoms with Gasteiger partial charge in [-0.2, -0.15) is 16.9 Å². The fraction of sp³-hybridized carbons (Fsp3) is 0.714. The van der Waals surface area contributed by atoms with Crippen LogP contribution in [0.2, 0.25) is 0 Å². The number of hydrogen-bond acceptors (Lipinski definition) is 4. The van der Waals surface area contributed by atoms with E-state index in [2.05, 4.69) is 40.2 Å². The second-order valence-electron chi connectivity index (χ2n) is 5.69. The highest BCUT2D eigenvalue weighted by Gasteiger charge is 2.15. The molecule has 1 N–H and O–H groups in total. The third kappa shape index (κ3) is 4.25. The smallest absolute Gasteiger partial charge is 0.283 e. The van der Waals surface area contributed by atoms with Gasteiger partial charge in [-0.15, -0.1) is 0 Å². The van der Waals surface area contributed by atoms with Crippen LogP contribution < -0.4 is 10.9 Å². The molecule has 0 saturated carbocycles. The van der Waals surface area contributed by atoms with Crippen LogP contribution in [0, 0.1) is 11.8 Å². The molecule has 1 fully saturated rings. The van der Waals surface area contributed by atoms with E-state index >= 15 is 0 Å². The van der Waals surface area contributed by atoms with Crippen LogP contribution in [0.1, 0.15) is 26.7 Å². The minimum absolute atomic E-state index is 0.0529. The van der Waals surface area contributed by atoms with Crippen LogP contribution in [-0.2, 0) is 6.54 Å². The molecule has 6 heteroatoms. The summed E-state index contributed by atoms with van der Waals surface area (Å²) < 4.78 is 2.12. The summed E-state index contributed by atoms with van der Waals surface area (Å²) in [5, 5.41) is 7.62. The van der Waals surface area contributed by atoms with Crippen molar-refractivity contribution in [2.24, 2.45) is 11.8 Å². The summed E-state index contributed by atoms with van der Waals surface area (Å²) in [6.45, 7) is 5.73. The van der Waals surface area contributed by atoms with E-state index in [0.29, 0.717) is 22.9 Å². The minimum Gasteiger partial charge on any atom is -0.382 e. The SMILES string of the molecule is CC(C)Cn1ncc(NCC2CCSCC2)c(Br)c1=O. The molecule has 0 aliphatic carbocycles. The Morgan fingerprint density at radius 1 is 1.50 bits per heavy atom. The standard InChI is InChI=1S/C14H22BrN3OS/c1-10(2)9-18-14(19)13(15)12(8-17-18)16-7-11-3-5-20-6-4-11/h8,10-11,16H,3-7,9H2,1-2H3. The van der Waals surface area contributed by atoms with Gasteiger partial charge in [0.25, 0.3) is 5.56 Å². The van der Waals surface area contributed by atoms with Crippen LogP contribution in [0.15, 0.2) is 15.5 Å². The van der Waals surface area contributed by atoms with Crippen molar-refractivity contribution in [1.29, 1.82) is 0 Å². The largest absolute Gasteiger partial charge is 0.382 e. The molecule has 0 amide bonds.